The molecule has 5 atom stereocenters. The second kappa shape index (κ2) is 11.5. The lowest BCUT2D eigenvalue weighted by Gasteiger charge is -2.40. The van der Waals surface area contributed by atoms with Gasteiger partial charge in [0.05, 0.1) is 32.5 Å². The molecule has 0 aromatic heterocycles. The van der Waals surface area contributed by atoms with Crippen LogP contribution in [0.5, 0.6) is 0 Å². The molecule has 2 aliphatic heterocycles. The minimum Gasteiger partial charge on any atom is -0.394 e. The van der Waals surface area contributed by atoms with Gasteiger partial charge in [-0.15, -0.1) is 0 Å². The van der Waals surface area contributed by atoms with Gasteiger partial charge in [0.25, 0.3) is 0 Å². The average Bonchev–Trinajstić information content (AvgIpc) is 2.96. The van der Waals surface area contributed by atoms with Gasteiger partial charge in [-0.1, -0.05) is 6.92 Å². The number of aliphatic hydroxyl groups is 3. The molecule has 5 unspecified atom stereocenters. The van der Waals surface area contributed by atoms with Crippen LogP contribution in [0.3, 0.4) is 0 Å². The fourth-order valence-electron chi connectivity index (χ4n) is 3.11. The number of amides is 1. The quantitative estimate of drug-likeness (QED) is 0.170. The molecule has 4 N–H and O–H groups in total. The summed E-state index contributed by atoms with van der Waals surface area (Å²) in [6.07, 6.45) is -3.76. The summed E-state index contributed by atoms with van der Waals surface area (Å²) in [4.78, 5) is 34.5. The molecule has 11 heteroatoms. The molecule has 11 nitrogen and oxygen atoms in total. The van der Waals surface area contributed by atoms with Gasteiger partial charge in [0.2, 0.25) is 5.91 Å². The van der Waals surface area contributed by atoms with Gasteiger partial charge in [-0.05, 0) is 13.3 Å². The summed E-state index contributed by atoms with van der Waals surface area (Å²) in [6, 6.07) is 0. The van der Waals surface area contributed by atoms with Crippen molar-refractivity contribution in [2.75, 3.05) is 33.0 Å². The van der Waals surface area contributed by atoms with E-state index < -0.39 is 49.1 Å². The van der Waals surface area contributed by atoms with Gasteiger partial charge in [-0.3, -0.25) is 4.79 Å². The predicted octanol–water partition coefficient (Wildman–Crippen LogP) is -1.61. The van der Waals surface area contributed by atoms with Gasteiger partial charge in [-0.25, -0.2) is 9.59 Å². The minimum atomic E-state index is -1.18. The number of nitrogens with one attached hydrogen (secondary N) is 1. The van der Waals surface area contributed by atoms with Crippen molar-refractivity contribution >= 4 is 17.8 Å². The number of esters is 2. The van der Waals surface area contributed by atoms with Gasteiger partial charge in [0.1, 0.15) is 12.2 Å². The zero-order valence-corrected chi connectivity index (χ0v) is 17.0. The normalized spacial score (nSPS) is 29.3. The van der Waals surface area contributed by atoms with Crippen molar-refractivity contribution < 1.29 is 48.7 Å². The van der Waals surface area contributed by atoms with Crippen LogP contribution < -0.4 is 5.32 Å². The number of aliphatic hydroxyl groups excluding tert-OH is 3. The number of carbonyl (C=O) groups is 3. The molecule has 1 amide bonds. The Morgan fingerprint density at radius 2 is 1.87 bits per heavy atom. The van der Waals surface area contributed by atoms with E-state index in [1.54, 1.807) is 6.92 Å². The molecule has 0 bridgehead atoms. The molecule has 0 aromatic carbocycles. The van der Waals surface area contributed by atoms with E-state index in [2.05, 4.69) is 10.1 Å². The Kier molecular flexibility index (Phi) is 9.34. The Bertz CT molecular complexity index is 662. The van der Waals surface area contributed by atoms with Crippen LogP contribution >= 0.6 is 0 Å². The largest absolute Gasteiger partial charge is 0.394 e. The van der Waals surface area contributed by atoms with E-state index in [1.165, 1.54) is 6.92 Å². The summed E-state index contributed by atoms with van der Waals surface area (Å²) >= 11 is 0. The highest BCUT2D eigenvalue weighted by atomic mass is 16.7. The molecule has 2 aliphatic rings. The minimum absolute atomic E-state index is 0.0509. The molecular formula is C19H29NO10. The smallest absolute Gasteiger partial charge is 0.342 e. The molecule has 1 saturated heterocycles. The van der Waals surface area contributed by atoms with E-state index in [0.717, 1.165) is 0 Å². The summed E-state index contributed by atoms with van der Waals surface area (Å²) in [7, 11) is 0. The number of hydrogen-bond donors (Lipinski definition) is 4. The average molecular weight is 431 g/mol. The Balaban J connectivity index is 1.55. The number of cyclic esters (lactones) is 2. The molecule has 0 saturated carbocycles. The van der Waals surface area contributed by atoms with E-state index >= 15 is 0 Å². The molecule has 170 valence electrons. The van der Waals surface area contributed by atoms with Crippen LogP contribution in [-0.4, -0.2) is 90.7 Å². The maximum Gasteiger partial charge on any atom is 0.342 e. The summed E-state index contributed by atoms with van der Waals surface area (Å²) < 4.78 is 20.8. The Labute approximate surface area is 173 Å². The second-order valence-corrected chi connectivity index (χ2v) is 7.18. The molecule has 0 aliphatic carbocycles. The van der Waals surface area contributed by atoms with Crippen molar-refractivity contribution in [3.8, 4) is 0 Å². The molecule has 2 rings (SSSR count). The highest BCUT2D eigenvalue weighted by Crippen LogP contribution is 2.26. The summed E-state index contributed by atoms with van der Waals surface area (Å²) in [5.74, 6) is -2.13. The van der Waals surface area contributed by atoms with Gasteiger partial charge in [-0.2, -0.15) is 0 Å². The molecule has 2 heterocycles. The fourth-order valence-corrected chi connectivity index (χ4v) is 3.11. The maximum absolute atomic E-state index is 11.8. The predicted molar refractivity (Wildman–Crippen MR) is 99.7 cm³/mol. The lowest BCUT2D eigenvalue weighted by molar-refractivity contribution is -0.284. The van der Waals surface area contributed by atoms with Crippen molar-refractivity contribution in [2.24, 2.45) is 5.92 Å². The highest BCUT2D eigenvalue weighted by molar-refractivity contribution is 6.12. The first kappa shape index (κ1) is 24.4. The van der Waals surface area contributed by atoms with Crippen LogP contribution in [0.1, 0.15) is 26.7 Å². The molecule has 0 radical (unpaired) electrons. The van der Waals surface area contributed by atoms with Crippen molar-refractivity contribution in [3.05, 3.63) is 11.1 Å². The number of carbonyl (C=O) groups excluding carboxylic acids is 3. The Hall–Kier alpha value is -1.89. The number of ether oxygens (including phenoxy) is 4. The lowest BCUT2D eigenvalue weighted by Crippen LogP contribution is -2.55. The standard InChI is InChI=1S/C19H29NO10/c1-10-12(18(26)30-17(10)25)3-4-14(22)20-5-6-27-7-8-28-19-11(2)15(23)16(24)13(9-21)29-19/h11,13,15-16,19,21,23-24H,3-9H2,1-2H3,(H,20,22). The fraction of sp³-hybridized carbons (Fsp3) is 0.737. The van der Waals surface area contributed by atoms with E-state index in [4.69, 9.17) is 14.2 Å². The third-order valence-electron chi connectivity index (χ3n) is 5.06. The van der Waals surface area contributed by atoms with E-state index in [0.29, 0.717) is 0 Å². The summed E-state index contributed by atoms with van der Waals surface area (Å²) in [5, 5.41) is 31.6. The third-order valence-corrected chi connectivity index (χ3v) is 5.06. The van der Waals surface area contributed by atoms with Gasteiger partial charge in [0.15, 0.2) is 6.29 Å². The van der Waals surface area contributed by atoms with Gasteiger partial charge < -0.3 is 39.6 Å². The molecular weight excluding hydrogens is 402 g/mol. The molecule has 0 spiro atoms. The molecule has 30 heavy (non-hydrogen) atoms. The van der Waals surface area contributed by atoms with Gasteiger partial charge in [0, 0.05) is 30.0 Å². The Morgan fingerprint density at radius 3 is 2.50 bits per heavy atom. The summed E-state index contributed by atoms with van der Waals surface area (Å²) in [5.41, 5.74) is 0.462. The maximum atomic E-state index is 11.8. The first-order valence-corrected chi connectivity index (χ1v) is 9.81. The van der Waals surface area contributed by atoms with Crippen LogP contribution in [0.25, 0.3) is 0 Å². The van der Waals surface area contributed by atoms with Crippen molar-refractivity contribution in [1.29, 1.82) is 0 Å². The van der Waals surface area contributed by atoms with E-state index in [-0.39, 0.29) is 56.3 Å². The van der Waals surface area contributed by atoms with Crippen LogP contribution in [0.4, 0.5) is 0 Å². The first-order chi connectivity index (χ1) is 14.3. The van der Waals surface area contributed by atoms with Crippen LogP contribution in [0, 0.1) is 5.92 Å². The van der Waals surface area contributed by atoms with Crippen molar-refractivity contribution in [1.82, 2.24) is 5.32 Å². The number of hydrogen-bond acceptors (Lipinski definition) is 10. The second-order valence-electron chi connectivity index (χ2n) is 7.18. The zero-order valence-electron chi connectivity index (χ0n) is 17.0. The van der Waals surface area contributed by atoms with Crippen LogP contribution in [0.15, 0.2) is 11.1 Å². The third kappa shape index (κ3) is 6.30. The van der Waals surface area contributed by atoms with E-state index in [9.17, 15) is 29.7 Å². The van der Waals surface area contributed by atoms with Crippen LogP contribution in [-0.2, 0) is 33.3 Å². The van der Waals surface area contributed by atoms with Crippen molar-refractivity contribution in [2.45, 2.75) is 51.3 Å². The van der Waals surface area contributed by atoms with Gasteiger partial charge >= 0.3 is 11.9 Å². The zero-order chi connectivity index (χ0) is 22.3. The molecule has 0 aromatic rings. The topological polar surface area (TPSA) is 161 Å². The Morgan fingerprint density at radius 1 is 1.13 bits per heavy atom. The summed E-state index contributed by atoms with van der Waals surface area (Å²) in [6.45, 7) is 3.59. The highest BCUT2D eigenvalue weighted by Gasteiger charge is 2.42. The van der Waals surface area contributed by atoms with Crippen molar-refractivity contribution in [3.63, 3.8) is 0 Å². The van der Waals surface area contributed by atoms with E-state index in [1.807, 2.05) is 0 Å². The SMILES string of the molecule is CC1=C(CCC(=O)NCCOCCOC2OC(CO)C(O)C(O)C2C)C(=O)OC1=O. The first-order valence-electron chi connectivity index (χ1n) is 9.81. The lowest BCUT2D eigenvalue weighted by atomic mass is 9.92. The molecule has 1 fully saturated rings. The monoisotopic (exact) mass is 431 g/mol. The number of rotatable bonds is 11. The van der Waals surface area contributed by atoms with Crippen LogP contribution in [0.2, 0.25) is 0 Å².